The van der Waals surface area contributed by atoms with Crippen LogP contribution in [0.25, 0.3) is 0 Å². The van der Waals surface area contributed by atoms with Gasteiger partial charge in [-0.25, -0.2) is 0 Å². The highest BCUT2D eigenvalue weighted by atomic mass is 16.5. The summed E-state index contributed by atoms with van der Waals surface area (Å²) in [6, 6.07) is 5.50. The van der Waals surface area contributed by atoms with E-state index in [0.29, 0.717) is 37.4 Å². The second-order valence-electron chi connectivity index (χ2n) is 12.0. The number of benzene rings is 1. The fraction of sp³-hybridized carbons (Fsp3) is 0.594. The number of nitrogens with zero attached hydrogens (tertiary/aromatic N) is 3. The Balaban J connectivity index is 1.85. The summed E-state index contributed by atoms with van der Waals surface area (Å²) >= 11 is 0. The highest BCUT2D eigenvalue weighted by Crippen LogP contribution is 2.64. The molecular weight excluding hydrogens is 522 g/mol. The first-order chi connectivity index (χ1) is 19.5. The molecule has 3 aliphatic heterocycles. The normalized spacial score (nSPS) is 28.9. The second-order valence-corrected chi connectivity index (χ2v) is 12.0. The lowest BCUT2D eigenvalue weighted by atomic mass is 9.66. The number of amides is 3. The smallest absolute Gasteiger partial charge is 0.253 e. The van der Waals surface area contributed by atoms with Crippen LogP contribution in [0.4, 0.5) is 5.69 Å². The summed E-state index contributed by atoms with van der Waals surface area (Å²) in [7, 11) is 1.58. The summed E-state index contributed by atoms with van der Waals surface area (Å²) in [6.07, 6.45) is 5.11. The van der Waals surface area contributed by atoms with E-state index in [0.717, 1.165) is 6.42 Å². The van der Waals surface area contributed by atoms with E-state index in [4.69, 9.17) is 9.47 Å². The third-order valence-corrected chi connectivity index (χ3v) is 9.14. The number of ether oxygens (including phenoxy) is 2. The number of fused-ring (bicyclic) bond motifs is 1. The average Bonchev–Trinajstić information content (AvgIpc) is 3.52. The minimum Gasteiger partial charge on any atom is -0.497 e. The van der Waals surface area contributed by atoms with E-state index < -0.39 is 35.1 Å². The molecule has 0 aliphatic carbocycles. The number of hydrogen-bond acceptors (Lipinski definition) is 6. The third kappa shape index (κ3) is 4.97. The third-order valence-electron chi connectivity index (χ3n) is 9.14. The summed E-state index contributed by atoms with van der Waals surface area (Å²) < 4.78 is 12.1. The van der Waals surface area contributed by atoms with Crippen LogP contribution in [0, 0.1) is 17.8 Å². The van der Waals surface area contributed by atoms with Crippen LogP contribution in [-0.4, -0.2) is 89.3 Å². The molecular formula is C32H45N3O6. The Bertz CT molecular complexity index is 1170. The lowest BCUT2D eigenvalue weighted by Gasteiger charge is -2.40. The van der Waals surface area contributed by atoms with E-state index in [1.54, 1.807) is 58.2 Å². The van der Waals surface area contributed by atoms with Crippen molar-refractivity contribution in [1.29, 1.82) is 0 Å². The molecule has 1 spiro atoms. The van der Waals surface area contributed by atoms with Crippen molar-refractivity contribution >= 4 is 23.4 Å². The summed E-state index contributed by atoms with van der Waals surface area (Å²) in [6.45, 7) is 16.2. The van der Waals surface area contributed by atoms with Gasteiger partial charge in [-0.3, -0.25) is 14.4 Å². The SMILES string of the molecule is C=CCN(CCC)C(=O)[C@@H]1[C@H]2C(=O)N([C@@H](CO)C(C)C)C(C(=O)N(CC=C)c3ccc(OC)cc3)C23CC[C@@]1(C)O3. The highest BCUT2D eigenvalue weighted by molar-refractivity contribution is 6.05. The molecule has 3 aliphatic rings. The number of aliphatic hydroxyl groups excluding tert-OH is 1. The first kappa shape index (κ1) is 30.8. The Kier molecular flexibility index (Phi) is 8.99. The molecule has 2 bridgehead atoms. The molecule has 0 saturated carbocycles. The molecule has 3 amide bonds. The zero-order chi connectivity index (χ0) is 30.1. The van der Waals surface area contributed by atoms with Crippen molar-refractivity contribution in [1.82, 2.24) is 9.80 Å². The van der Waals surface area contributed by atoms with Crippen molar-refractivity contribution < 1.29 is 29.0 Å². The van der Waals surface area contributed by atoms with Crippen molar-refractivity contribution in [3.8, 4) is 5.75 Å². The van der Waals surface area contributed by atoms with Gasteiger partial charge in [0.2, 0.25) is 11.8 Å². The van der Waals surface area contributed by atoms with Gasteiger partial charge in [0.1, 0.15) is 17.4 Å². The summed E-state index contributed by atoms with van der Waals surface area (Å²) in [5, 5.41) is 10.5. The lowest BCUT2D eigenvalue weighted by molar-refractivity contribution is -0.152. The van der Waals surface area contributed by atoms with E-state index >= 15 is 0 Å². The molecule has 41 heavy (non-hydrogen) atoms. The number of aliphatic hydroxyl groups is 1. The number of likely N-dealkylation sites (tertiary alicyclic amines) is 1. The molecule has 1 N–H and O–H groups in total. The van der Waals surface area contributed by atoms with Gasteiger partial charge in [-0.15, -0.1) is 13.2 Å². The van der Waals surface area contributed by atoms with Crippen LogP contribution in [0.2, 0.25) is 0 Å². The summed E-state index contributed by atoms with van der Waals surface area (Å²) in [5.74, 6) is -1.83. The van der Waals surface area contributed by atoms with Crippen molar-refractivity contribution in [3.05, 3.63) is 49.6 Å². The Morgan fingerprint density at radius 3 is 2.37 bits per heavy atom. The van der Waals surface area contributed by atoms with Crippen LogP contribution in [-0.2, 0) is 19.1 Å². The van der Waals surface area contributed by atoms with E-state index in [-0.39, 0.29) is 36.8 Å². The Hall–Kier alpha value is -3.17. The molecule has 3 saturated heterocycles. The maximum Gasteiger partial charge on any atom is 0.253 e. The highest BCUT2D eigenvalue weighted by Gasteiger charge is 2.79. The lowest BCUT2D eigenvalue weighted by Crippen LogP contribution is -2.60. The molecule has 6 atom stereocenters. The van der Waals surface area contributed by atoms with Gasteiger partial charge >= 0.3 is 0 Å². The first-order valence-electron chi connectivity index (χ1n) is 14.6. The zero-order valence-electron chi connectivity index (χ0n) is 25.0. The number of carbonyl (C=O) groups excluding carboxylic acids is 3. The minimum absolute atomic E-state index is 0.136. The molecule has 0 aromatic heterocycles. The van der Waals surface area contributed by atoms with Gasteiger partial charge in [-0.05, 0) is 56.4 Å². The fourth-order valence-electron chi connectivity index (χ4n) is 7.27. The van der Waals surface area contributed by atoms with Gasteiger partial charge in [0, 0.05) is 25.3 Å². The van der Waals surface area contributed by atoms with Crippen molar-refractivity contribution in [2.75, 3.05) is 38.3 Å². The van der Waals surface area contributed by atoms with E-state index in [9.17, 15) is 19.5 Å². The largest absolute Gasteiger partial charge is 0.497 e. The number of carbonyl (C=O) groups is 3. The fourth-order valence-corrected chi connectivity index (χ4v) is 7.27. The average molecular weight is 568 g/mol. The quantitative estimate of drug-likeness (QED) is 0.367. The van der Waals surface area contributed by atoms with E-state index in [2.05, 4.69) is 13.2 Å². The molecule has 0 radical (unpaired) electrons. The molecule has 9 nitrogen and oxygen atoms in total. The van der Waals surface area contributed by atoms with Crippen molar-refractivity contribution in [2.45, 2.75) is 70.2 Å². The molecule has 3 fully saturated rings. The molecule has 4 rings (SSSR count). The van der Waals surface area contributed by atoms with Gasteiger partial charge in [0.15, 0.2) is 0 Å². The van der Waals surface area contributed by atoms with Crippen LogP contribution in [0.15, 0.2) is 49.6 Å². The summed E-state index contributed by atoms with van der Waals surface area (Å²) in [5.41, 5.74) is -1.45. The van der Waals surface area contributed by atoms with Crippen LogP contribution >= 0.6 is 0 Å². The number of hydrogen-bond donors (Lipinski definition) is 1. The van der Waals surface area contributed by atoms with Gasteiger partial charge in [0.25, 0.3) is 5.91 Å². The predicted octanol–water partition coefficient (Wildman–Crippen LogP) is 3.42. The van der Waals surface area contributed by atoms with Gasteiger partial charge in [-0.2, -0.15) is 0 Å². The molecule has 1 aromatic carbocycles. The summed E-state index contributed by atoms with van der Waals surface area (Å²) in [4.78, 5) is 48.3. The first-order valence-corrected chi connectivity index (χ1v) is 14.6. The minimum atomic E-state index is -1.19. The van der Waals surface area contributed by atoms with Crippen molar-refractivity contribution in [3.63, 3.8) is 0 Å². The maximum atomic E-state index is 14.7. The number of anilines is 1. The predicted molar refractivity (Wildman–Crippen MR) is 157 cm³/mol. The van der Waals surface area contributed by atoms with E-state index in [1.807, 2.05) is 27.7 Å². The maximum absolute atomic E-state index is 14.7. The van der Waals surface area contributed by atoms with Crippen LogP contribution in [0.1, 0.15) is 47.0 Å². The monoisotopic (exact) mass is 567 g/mol. The van der Waals surface area contributed by atoms with Gasteiger partial charge in [-0.1, -0.05) is 32.9 Å². The van der Waals surface area contributed by atoms with Crippen LogP contribution in [0.3, 0.4) is 0 Å². The second kappa shape index (κ2) is 12.0. The Morgan fingerprint density at radius 2 is 1.83 bits per heavy atom. The molecule has 2 unspecified atom stereocenters. The number of methoxy groups -OCH3 is 1. The molecule has 224 valence electrons. The Morgan fingerprint density at radius 1 is 1.17 bits per heavy atom. The molecule has 3 heterocycles. The topological polar surface area (TPSA) is 99.6 Å². The number of rotatable bonds is 13. The van der Waals surface area contributed by atoms with Crippen LogP contribution in [0.5, 0.6) is 5.75 Å². The molecule has 1 aromatic rings. The van der Waals surface area contributed by atoms with Gasteiger partial charge < -0.3 is 29.3 Å². The molecule has 9 heteroatoms. The zero-order valence-corrected chi connectivity index (χ0v) is 25.0. The van der Waals surface area contributed by atoms with Gasteiger partial charge in [0.05, 0.1) is 37.2 Å². The van der Waals surface area contributed by atoms with Crippen molar-refractivity contribution in [2.24, 2.45) is 17.8 Å². The Labute approximate surface area is 243 Å². The standard InChI is InChI=1S/C32H45N3O6/c1-8-17-33(18-9-2)28(37)25-26-29(38)35(24(20-36)21(4)5)27(32(26)16-15-31(25,6)41-32)30(39)34(19-10-3)22-11-13-23(40-7)14-12-22/h8,10-14,21,24-27,36H,1,3,9,15-20H2,2,4-7H3/t24-,25-,26-,27?,31+,32?/m0/s1. The van der Waals surface area contributed by atoms with E-state index in [1.165, 1.54) is 0 Å². The van der Waals surface area contributed by atoms with Crippen LogP contribution < -0.4 is 9.64 Å².